The van der Waals surface area contributed by atoms with Gasteiger partial charge in [-0.1, -0.05) is 22.9 Å². The largest absolute Gasteiger partial charge is 0.376 e. The summed E-state index contributed by atoms with van der Waals surface area (Å²) in [5, 5.41) is 6.20. The van der Waals surface area contributed by atoms with E-state index in [0.29, 0.717) is 6.42 Å². The summed E-state index contributed by atoms with van der Waals surface area (Å²) in [5.41, 5.74) is 1.82. The lowest BCUT2D eigenvalue weighted by atomic mass is 10.2. The van der Waals surface area contributed by atoms with Crippen molar-refractivity contribution in [2.24, 2.45) is 0 Å². The fraction of sp³-hybridized carbons (Fsp3) is 0.500. The summed E-state index contributed by atoms with van der Waals surface area (Å²) in [4.78, 5) is 14.0. The van der Waals surface area contributed by atoms with Crippen LogP contribution in [0, 0.1) is 0 Å². The molecule has 106 valence electrons. The molecule has 1 rings (SSSR count). The molecule has 0 saturated carbocycles. The standard InChI is InChI=1S/C14H22BrN3O/c1-5-16-10(2)8-14(19)17-12-9-11(15)6-7-13(12)18(3)4/h6-7,9-10,16H,5,8H2,1-4H3,(H,17,19). The molecule has 0 bridgehead atoms. The van der Waals surface area contributed by atoms with Gasteiger partial charge in [0.25, 0.3) is 0 Å². The number of carbonyl (C=O) groups is 1. The highest BCUT2D eigenvalue weighted by atomic mass is 79.9. The van der Waals surface area contributed by atoms with Gasteiger partial charge < -0.3 is 15.5 Å². The Morgan fingerprint density at radius 3 is 2.68 bits per heavy atom. The fourth-order valence-corrected chi connectivity index (χ4v) is 2.26. The Morgan fingerprint density at radius 2 is 2.11 bits per heavy atom. The average molecular weight is 328 g/mol. The van der Waals surface area contributed by atoms with Gasteiger partial charge in [-0.3, -0.25) is 4.79 Å². The van der Waals surface area contributed by atoms with Crippen LogP contribution in [0.3, 0.4) is 0 Å². The summed E-state index contributed by atoms with van der Waals surface area (Å²) >= 11 is 3.43. The maximum atomic E-state index is 12.0. The first kappa shape index (κ1) is 16.0. The first-order valence-corrected chi connectivity index (χ1v) is 7.23. The zero-order valence-corrected chi connectivity index (χ0v) is 13.5. The number of nitrogens with one attached hydrogen (secondary N) is 2. The SMILES string of the molecule is CCNC(C)CC(=O)Nc1cc(Br)ccc1N(C)C. The number of carbonyl (C=O) groups excluding carboxylic acids is 1. The van der Waals surface area contributed by atoms with E-state index < -0.39 is 0 Å². The minimum Gasteiger partial charge on any atom is -0.376 e. The second-order valence-corrected chi connectivity index (χ2v) is 5.68. The van der Waals surface area contributed by atoms with Crippen LogP contribution >= 0.6 is 15.9 Å². The molecular formula is C14H22BrN3O. The number of rotatable bonds is 6. The minimum atomic E-state index is 0.0228. The Bertz CT molecular complexity index is 435. The summed E-state index contributed by atoms with van der Waals surface area (Å²) in [6.45, 7) is 4.91. The van der Waals surface area contributed by atoms with Crippen LogP contribution in [0.15, 0.2) is 22.7 Å². The van der Waals surface area contributed by atoms with E-state index >= 15 is 0 Å². The van der Waals surface area contributed by atoms with E-state index in [2.05, 4.69) is 26.6 Å². The van der Waals surface area contributed by atoms with Gasteiger partial charge in [0.15, 0.2) is 0 Å². The van der Waals surface area contributed by atoms with Gasteiger partial charge in [0.1, 0.15) is 0 Å². The van der Waals surface area contributed by atoms with Crippen molar-refractivity contribution in [3.8, 4) is 0 Å². The van der Waals surface area contributed by atoms with E-state index in [1.807, 2.05) is 51.0 Å². The average Bonchev–Trinajstić information content (AvgIpc) is 2.28. The number of benzene rings is 1. The maximum Gasteiger partial charge on any atom is 0.225 e. The maximum absolute atomic E-state index is 12.0. The number of halogens is 1. The molecule has 19 heavy (non-hydrogen) atoms. The predicted molar refractivity (Wildman–Crippen MR) is 84.9 cm³/mol. The molecule has 4 nitrogen and oxygen atoms in total. The third-order valence-electron chi connectivity index (χ3n) is 2.76. The Morgan fingerprint density at radius 1 is 1.42 bits per heavy atom. The lowest BCUT2D eigenvalue weighted by molar-refractivity contribution is -0.116. The highest BCUT2D eigenvalue weighted by molar-refractivity contribution is 9.10. The van der Waals surface area contributed by atoms with Gasteiger partial charge in [0.2, 0.25) is 5.91 Å². The third-order valence-corrected chi connectivity index (χ3v) is 3.25. The summed E-state index contributed by atoms with van der Waals surface area (Å²) in [5.74, 6) is 0.0228. The quantitative estimate of drug-likeness (QED) is 0.844. The molecule has 1 unspecified atom stereocenters. The smallest absolute Gasteiger partial charge is 0.225 e. The summed E-state index contributed by atoms with van der Waals surface area (Å²) in [6.07, 6.45) is 0.465. The number of anilines is 2. The Labute approximate surface area is 123 Å². The molecule has 5 heteroatoms. The Balaban J connectivity index is 2.75. The summed E-state index contributed by atoms with van der Waals surface area (Å²) in [6, 6.07) is 6.05. The third kappa shape index (κ3) is 5.20. The van der Waals surface area contributed by atoms with Gasteiger partial charge in [0, 0.05) is 31.0 Å². The first-order chi connectivity index (χ1) is 8.93. The highest BCUT2D eigenvalue weighted by Gasteiger charge is 2.11. The summed E-state index contributed by atoms with van der Waals surface area (Å²) < 4.78 is 0.952. The van der Waals surface area contributed by atoms with Gasteiger partial charge in [-0.05, 0) is 31.7 Å². The van der Waals surface area contributed by atoms with Crippen LogP contribution in [0.4, 0.5) is 11.4 Å². The molecule has 1 aromatic rings. The number of hydrogen-bond donors (Lipinski definition) is 2. The van der Waals surface area contributed by atoms with Crippen molar-refractivity contribution < 1.29 is 4.79 Å². The molecule has 1 aromatic carbocycles. The van der Waals surface area contributed by atoms with Crippen molar-refractivity contribution >= 4 is 33.2 Å². The van der Waals surface area contributed by atoms with Crippen molar-refractivity contribution in [3.05, 3.63) is 22.7 Å². The predicted octanol–water partition coefficient (Wildman–Crippen LogP) is 2.84. The van der Waals surface area contributed by atoms with Crippen molar-refractivity contribution in [3.63, 3.8) is 0 Å². The molecule has 0 aliphatic heterocycles. The first-order valence-electron chi connectivity index (χ1n) is 6.44. The van der Waals surface area contributed by atoms with Gasteiger partial charge in [0.05, 0.1) is 11.4 Å². The molecule has 0 aliphatic carbocycles. The normalized spacial score (nSPS) is 12.1. The molecule has 0 radical (unpaired) electrons. The zero-order valence-electron chi connectivity index (χ0n) is 12.0. The van der Waals surface area contributed by atoms with Crippen LogP contribution in [0.2, 0.25) is 0 Å². The minimum absolute atomic E-state index is 0.0228. The topological polar surface area (TPSA) is 44.4 Å². The molecule has 0 fully saturated rings. The summed E-state index contributed by atoms with van der Waals surface area (Å²) in [7, 11) is 3.92. The van der Waals surface area contributed by atoms with E-state index in [1.54, 1.807) is 0 Å². The van der Waals surface area contributed by atoms with Crippen molar-refractivity contribution in [1.29, 1.82) is 0 Å². The van der Waals surface area contributed by atoms with Gasteiger partial charge in [-0.15, -0.1) is 0 Å². The molecular weight excluding hydrogens is 306 g/mol. The number of hydrogen-bond acceptors (Lipinski definition) is 3. The monoisotopic (exact) mass is 327 g/mol. The van der Waals surface area contributed by atoms with E-state index in [9.17, 15) is 4.79 Å². The van der Waals surface area contributed by atoms with Crippen molar-refractivity contribution in [1.82, 2.24) is 5.32 Å². The van der Waals surface area contributed by atoms with Crippen LogP contribution in [0.1, 0.15) is 20.3 Å². The molecule has 0 saturated heterocycles. The van der Waals surface area contributed by atoms with E-state index in [-0.39, 0.29) is 11.9 Å². The Hall–Kier alpha value is -1.07. The molecule has 1 amide bonds. The van der Waals surface area contributed by atoms with Crippen molar-refractivity contribution in [2.45, 2.75) is 26.3 Å². The molecule has 0 aliphatic rings. The molecule has 0 aromatic heterocycles. The second-order valence-electron chi connectivity index (χ2n) is 4.77. The number of amides is 1. The zero-order chi connectivity index (χ0) is 14.4. The molecule has 2 N–H and O–H groups in total. The van der Waals surface area contributed by atoms with Gasteiger partial charge in [-0.2, -0.15) is 0 Å². The van der Waals surface area contributed by atoms with E-state index in [0.717, 1.165) is 22.4 Å². The molecule has 0 heterocycles. The molecule has 1 atom stereocenters. The second kappa shape index (κ2) is 7.50. The molecule has 0 spiro atoms. The Kier molecular flexibility index (Phi) is 6.31. The van der Waals surface area contributed by atoms with Crippen LogP contribution in [0.25, 0.3) is 0 Å². The van der Waals surface area contributed by atoms with Crippen LogP contribution in [0.5, 0.6) is 0 Å². The lowest BCUT2D eigenvalue weighted by Gasteiger charge is -2.19. The lowest BCUT2D eigenvalue weighted by Crippen LogP contribution is -2.30. The van der Waals surface area contributed by atoms with Gasteiger partial charge >= 0.3 is 0 Å². The van der Waals surface area contributed by atoms with Crippen LogP contribution in [-0.4, -0.2) is 32.6 Å². The highest BCUT2D eigenvalue weighted by Crippen LogP contribution is 2.28. The van der Waals surface area contributed by atoms with Gasteiger partial charge in [-0.25, -0.2) is 0 Å². The van der Waals surface area contributed by atoms with Crippen LogP contribution in [-0.2, 0) is 4.79 Å². The van der Waals surface area contributed by atoms with Crippen LogP contribution < -0.4 is 15.5 Å². The van der Waals surface area contributed by atoms with E-state index in [1.165, 1.54) is 0 Å². The fourth-order valence-electron chi connectivity index (χ4n) is 1.90. The van der Waals surface area contributed by atoms with Crippen molar-refractivity contribution in [2.75, 3.05) is 30.9 Å². The van der Waals surface area contributed by atoms with E-state index in [4.69, 9.17) is 0 Å². The number of nitrogens with zero attached hydrogens (tertiary/aromatic N) is 1.